The molecular formula is C79H118Cl3N11O3. The molecule has 0 radical (unpaired) electrons. The van der Waals surface area contributed by atoms with E-state index < -0.39 is 0 Å². The van der Waals surface area contributed by atoms with Crippen molar-refractivity contribution in [1.29, 1.82) is 0 Å². The Labute approximate surface area is 593 Å². The van der Waals surface area contributed by atoms with Gasteiger partial charge in [0.25, 0.3) is 0 Å². The highest BCUT2D eigenvalue weighted by Crippen LogP contribution is 2.31. The fourth-order valence-corrected chi connectivity index (χ4v) is 15.4. The molecule has 17 heteroatoms. The van der Waals surface area contributed by atoms with Crippen molar-refractivity contribution in [3.8, 4) is 5.75 Å². The van der Waals surface area contributed by atoms with Gasteiger partial charge in [0.05, 0.1) is 7.11 Å². The normalized spacial score (nSPS) is 19.2. The van der Waals surface area contributed by atoms with Crippen LogP contribution < -0.4 is 36.2 Å². The zero-order chi connectivity index (χ0) is 68.6. The Hall–Kier alpha value is -5.13. The van der Waals surface area contributed by atoms with Gasteiger partial charge in [0.2, 0.25) is 0 Å². The van der Waals surface area contributed by atoms with Crippen LogP contribution >= 0.6 is 34.8 Å². The third-order valence-electron chi connectivity index (χ3n) is 21.4. The molecule has 5 N–H and O–H groups in total. The molecular weight excluding hydrogens is 1260 g/mol. The molecule has 5 atom stereocenters. The number of benzene rings is 5. The Kier molecular flexibility index (Phi) is 31.1. The number of halogens is 3. The van der Waals surface area contributed by atoms with Gasteiger partial charge in [0, 0.05) is 161 Å². The zero-order valence-electron chi connectivity index (χ0n) is 59.9. The van der Waals surface area contributed by atoms with E-state index in [1.807, 2.05) is 24.3 Å². The van der Waals surface area contributed by atoms with Crippen LogP contribution in [0.3, 0.4) is 0 Å². The molecule has 5 fully saturated rings. The first-order chi connectivity index (χ1) is 46.2. The summed E-state index contributed by atoms with van der Waals surface area (Å²) in [7, 11) is 1.71. The number of carbonyl (C=O) groups is 2. The monoisotopic (exact) mass is 1370 g/mol. The number of nitrogens with zero attached hydrogens (tertiary/aromatic N) is 6. The van der Waals surface area contributed by atoms with Crippen molar-refractivity contribution in [3.05, 3.63) is 153 Å². The van der Waals surface area contributed by atoms with Gasteiger partial charge in [-0.2, -0.15) is 0 Å². The molecule has 2 saturated carbocycles. The highest BCUT2D eigenvalue weighted by molar-refractivity contribution is 6.35. The lowest BCUT2D eigenvalue weighted by Crippen LogP contribution is -2.57. The number of piperazine rings is 3. The summed E-state index contributed by atoms with van der Waals surface area (Å²) in [4.78, 5) is 40.8. The molecule has 0 aromatic heterocycles. The van der Waals surface area contributed by atoms with E-state index in [1.165, 1.54) is 86.6 Å². The molecule has 5 unspecified atom stereocenters. The van der Waals surface area contributed by atoms with Crippen LogP contribution in [0.5, 0.6) is 5.75 Å². The molecule has 3 heterocycles. The minimum absolute atomic E-state index is 0.154. The van der Waals surface area contributed by atoms with Gasteiger partial charge >= 0.3 is 12.1 Å². The van der Waals surface area contributed by atoms with Crippen molar-refractivity contribution in [2.24, 2.45) is 23.7 Å². The number of para-hydroxylation sites is 1. The predicted molar refractivity (Wildman–Crippen MR) is 405 cm³/mol. The quantitative estimate of drug-likeness (QED) is 0.0404. The number of amides is 4. The summed E-state index contributed by atoms with van der Waals surface area (Å²) in [6.07, 6.45) is 14.9. The molecule has 10 rings (SSSR count). The Morgan fingerprint density at radius 2 is 0.979 bits per heavy atom. The average molecular weight is 1380 g/mol. The number of methoxy groups -OCH3 is 1. The maximum absolute atomic E-state index is 12.5. The summed E-state index contributed by atoms with van der Waals surface area (Å²) < 4.78 is 5.28. The van der Waals surface area contributed by atoms with Gasteiger partial charge < -0.3 is 36.2 Å². The molecule has 2 aliphatic carbocycles. The average Bonchev–Trinajstić information content (AvgIpc) is 1.07. The number of hydrogen-bond donors (Lipinski definition) is 5. The van der Waals surface area contributed by atoms with Crippen LogP contribution in [0.2, 0.25) is 15.1 Å². The van der Waals surface area contributed by atoms with E-state index in [0.29, 0.717) is 75.6 Å². The van der Waals surface area contributed by atoms with Crippen LogP contribution in [0.25, 0.3) is 0 Å². The summed E-state index contributed by atoms with van der Waals surface area (Å²) in [5.74, 6) is 3.05. The first-order valence-electron chi connectivity index (χ1n) is 36.5. The largest absolute Gasteiger partial charge is 0.497 e. The van der Waals surface area contributed by atoms with Crippen LogP contribution in [0, 0.1) is 23.7 Å². The van der Waals surface area contributed by atoms with E-state index in [0.717, 1.165) is 122 Å². The number of anilines is 3. The van der Waals surface area contributed by atoms with E-state index in [4.69, 9.17) is 39.5 Å². The lowest BCUT2D eigenvalue weighted by Gasteiger charge is -2.45. The van der Waals surface area contributed by atoms with Crippen LogP contribution in [0.15, 0.2) is 121 Å². The second-order valence-electron chi connectivity index (χ2n) is 29.5. The van der Waals surface area contributed by atoms with Crippen molar-refractivity contribution < 1.29 is 14.3 Å². The van der Waals surface area contributed by atoms with E-state index in [-0.39, 0.29) is 17.5 Å². The second-order valence-corrected chi connectivity index (χ2v) is 30.8. The zero-order valence-corrected chi connectivity index (χ0v) is 62.1. The molecule has 5 aromatic rings. The van der Waals surface area contributed by atoms with E-state index in [1.54, 1.807) is 37.4 Å². The van der Waals surface area contributed by atoms with E-state index >= 15 is 0 Å². The van der Waals surface area contributed by atoms with Crippen molar-refractivity contribution >= 4 is 63.9 Å². The number of hydrogen-bond acceptors (Lipinski definition) is 10. The first-order valence-corrected chi connectivity index (χ1v) is 37.6. The molecule has 5 aliphatic rings. The van der Waals surface area contributed by atoms with E-state index in [9.17, 15) is 9.59 Å². The highest BCUT2D eigenvalue weighted by atomic mass is 35.5. The lowest BCUT2D eigenvalue weighted by molar-refractivity contribution is 0.0355. The van der Waals surface area contributed by atoms with Crippen molar-refractivity contribution in [2.75, 3.05) is 127 Å². The summed E-state index contributed by atoms with van der Waals surface area (Å²) in [5, 5.41) is 17.4. The van der Waals surface area contributed by atoms with E-state index in [2.05, 4.69) is 185 Å². The number of rotatable bonds is 23. The minimum atomic E-state index is -0.222. The first kappa shape index (κ1) is 76.6. The number of carbonyl (C=O) groups excluding carboxylic acids is 2. The predicted octanol–water partition coefficient (Wildman–Crippen LogP) is 16.5. The fraction of sp³-hybridized carbons (Fsp3) is 0.595. The number of nitrogens with one attached hydrogen (secondary N) is 5. The minimum Gasteiger partial charge on any atom is -0.497 e. The standard InChI is InChI=1S/C31H41N3O.C24H38Cl2N4O.C24H39ClN4O/c1-31(2,3)27-14-12-26(13-15-27)30(24-32-19-18-25-10-16-29(35-4)17-11-25)34-22-20-33(21-23-34)28-8-6-5-7-9-28;1-17(2)18(3)23(16-27-24(31)28-21-14-19(25)13-20(26)15-21)30-11-9-29(10-12-30)22-7-5-4-6-8-22;1-18(2)19(3)23(17-26-24(30)27-21-11-9-20(25)10-12-21)29-15-13-28(14-16-29)22-7-5-4-6-8-22/h5-17,30,32H,18-24H2,1-4H3;13-15,17-18,22-23H,4-12,16H2,1-3H3,(H2,27,28,31);9-12,18-19,22-23H,4-8,13-17H2,1-3H3,(H2,26,27,30). The third kappa shape index (κ3) is 24.3. The van der Waals surface area contributed by atoms with Crippen LogP contribution in [0.4, 0.5) is 26.7 Å². The van der Waals surface area contributed by atoms with Crippen molar-refractivity contribution in [2.45, 2.75) is 169 Å². The Morgan fingerprint density at radius 1 is 0.510 bits per heavy atom. The maximum atomic E-state index is 12.5. The molecule has 0 spiro atoms. The van der Waals surface area contributed by atoms with Crippen LogP contribution in [-0.4, -0.2) is 173 Å². The molecule has 3 saturated heterocycles. The van der Waals surface area contributed by atoms with Gasteiger partial charge in [-0.3, -0.25) is 24.5 Å². The molecule has 528 valence electrons. The van der Waals surface area contributed by atoms with Gasteiger partial charge in [-0.1, -0.05) is 190 Å². The van der Waals surface area contributed by atoms with Gasteiger partial charge in [-0.05, 0) is 151 Å². The smallest absolute Gasteiger partial charge is 0.319 e. The molecule has 96 heavy (non-hydrogen) atoms. The van der Waals surface area contributed by atoms with Crippen LogP contribution in [0.1, 0.15) is 149 Å². The Morgan fingerprint density at radius 3 is 1.44 bits per heavy atom. The summed E-state index contributed by atoms with van der Waals surface area (Å²) >= 11 is 18.0. The van der Waals surface area contributed by atoms with Gasteiger partial charge in [0.1, 0.15) is 5.75 Å². The topological polar surface area (TPSA) is 123 Å². The molecule has 0 bridgehead atoms. The number of ether oxygens (including phenoxy) is 1. The molecule has 5 aromatic carbocycles. The van der Waals surface area contributed by atoms with Gasteiger partial charge in [0.15, 0.2) is 0 Å². The molecule has 4 amide bonds. The Balaban J connectivity index is 0.000000185. The highest BCUT2D eigenvalue weighted by Gasteiger charge is 2.35. The summed E-state index contributed by atoms with van der Waals surface area (Å²) in [6.45, 7) is 37.0. The van der Waals surface area contributed by atoms with Crippen LogP contribution in [-0.2, 0) is 11.8 Å². The second kappa shape index (κ2) is 39.0. The SMILES string of the molecule is CC(C)C(C)C(CNC(=O)Nc1cc(Cl)cc(Cl)c1)N1CCN(C2CCCCC2)CC1.CC(C)C(C)C(CNC(=O)Nc1ccc(Cl)cc1)N1CCN(C2CCCCC2)CC1.COc1ccc(CCNCC(c2ccc(C(C)(C)C)cc2)N2CCN(c3ccccc3)CC2)cc1. The third-order valence-corrected chi connectivity index (χ3v) is 22.1. The van der Waals surface area contributed by atoms with Crippen molar-refractivity contribution in [3.63, 3.8) is 0 Å². The Bertz CT molecular complexity index is 3010. The lowest BCUT2D eigenvalue weighted by atomic mass is 9.86. The van der Waals surface area contributed by atoms with Gasteiger partial charge in [-0.15, -0.1) is 0 Å². The fourth-order valence-electron chi connectivity index (χ4n) is 14.7. The molecule has 14 nitrogen and oxygen atoms in total. The summed E-state index contributed by atoms with van der Waals surface area (Å²) in [5.41, 5.74) is 6.99. The number of urea groups is 2. The van der Waals surface area contributed by atoms with Gasteiger partial charge in [-0.25, -0.2) is 9.59 Å². The molecule has 3 aliphatic heterocycles. The summed E-state index contributed by atoms with van der Waals surface area (Å²) in [6, 6.07) is 43.1. The maximum Gasteiger partial charge on any atom is 0.319 e. The van der Waals surface area contributed by atoms with Crippen molar-refractivity contribution in [1.82, 2.24) is 40.4 Å².